The summed E-state index contributed by atoms with van der Waals surface area (Å²) in [7, 11) is 6.14. The number of hydrogen-bond acceptors (Lipinski definition) is 6. The van der Waals surface area contributed by atoms with Gasteiger partial charge < -0.3 is 14.2 Å². The molecule has 0 aliphatic carbocycles. The molecule has 0 fully saturated rings. The molecule has 0 aliphatic heterocycles. The lowest BCUT2D eigenvalue weighted by molar-refractivity contribution is 0.416. The van der Waals surface area contributed by atoms with Crippen molar-refractivity contribution in [1.82, 2.24) is 9.88 Å². The van der Waals surface area contributed by atoms with Gasteiger partial charge in [0.25, 0.3) is 0 Å². The van der Waals surface area contributed by atoms with Crippen LogP contribution >= 0.6 is 11.3 Å². The van der Waals surface area contributed by atoms with Crippen molar-refractivity contribution in [3.63, 3.8) is 0 Å². The van der Waals surface area contributed by atoms with Crippen LogP contribution in [-0.2, 0) is 0 Å². The van der Waals surface area contributed by atoms with E-state index in [1.54, 1.807) is 0 Å². The summed E-state index contributed by atoms with van der Waals surface area (Å²) in [6.45, 7) is 3.78. The third-order valence-electron chi connectivity index (χ3n) is 3.89. The lowest BCUT2D eigenvalue weighted by Crippen LogP contribution is -2.28. The molecule has 0 aliphatic rings. The Bertz CT molecular complexity index is 914. The van der Waals surface area contributed by atoms with Gasteiger partial charge in [-0.2, -0.15) is 0 Å². The lowest BCUT2D eigenvalue weighted by Gasteiger charge is -2.21. The van der Waals surface area contributed by atoms with Crippen molar-refractivity contribution in [3.05, 3.63) is 45.8 Å². The van der Waals surface area contributed by atoms with Crippen LogP contribution < -0.4 is 10.5 Å². The Labute approximate surface area is 145 Å². The van der Waals surface area contributed by atoms with Crippen molar-refractivity contribution in [3.8, 4) is 10.6 Å². The summed E-state index contributed by atoms with van der Waals surface area (Å²) in [5.41, 5.74) is 2.73. The molecule has 0 atom stereocenters. The van der Waals surface area contributed by atoms with E-state index in [1.807, 2.05) is 37.6 Å². The van der Waals surface area contributed by atoms with E-state index in [2.05, 4.69) is 34.9 Å². The molecular weight excluding hydrogens is 322 g/mol. The Kier molecular flexibility index (Phi) is 4.69. The van der Waals surface area contributed by atoms with Crippen LogP contribution in [0.2, 0.25) is 0 Å². The maximum atomic E-state index is 12.3. The Morgan fingerprint density at radius 1 is 1.17 bits per heavy atom. The first-order chi connectivity index (χ1) is 11.4. The molecule has 3 rings (SSSR count). The van der Waals surface area contributed by atoms with Gasteiger partial charge in [0.2, 0.25) is 0 Å². The smallest absolute Gasteiger partial charge is 0.346 e. The minimum absolute atomic E-state index is 0.343. The van der Waals surface area contributed by atoms with E-state index < -0.39 is 0 Å². The van der Waals surface area contributed by atoms with Crippen molar-refractivity contribution >= 4 is 28.0 Å². The van der Waals surface area contributed by atoms with Gasteiger partial charge in [0.05, 0.1) is 5.56 Å². The van der Waals surface area contributed by atoms with Crippen molar-refractivity contribution in [1.29, 1.82) is 0 Å². The molecule has 6 heteroatoms. The monoisotopic (exact) mass is 343 g/mol. The Hall–Kier alpha value is -2.18. The van der Waals surface area contributed by atoms with Crippen LogP contribution in [0.1, 0.15) is 5.69 Å². The van der Waals surface area contributed by atoms with Gasteiger partial charge in [-0.1, -0.05) is 0 Å². The van der Waals surface area contributed by atoms with E-state index >= 15 is 0 Å². The molecule has 0 saturated carbocycles. The van der Waals surface area contributed by atoms with E-state index in [-0.39, 0.29) is 5.63 Å². The van der Waals surface area contributed by atoms with E-state index in [1.165, 1.54) is 11.3 Å². The summed E-state index contributed by atoms with van der Waals surface area (Å²) in [5, 5.41) is 3.54. The molecular formula is C18H21N3O2S. The SMILES string of the molecule is Cc1csc(-c2cc3ccc(N(C)CCN(C)C)cc3oc2=O)n1. The van der Waals surface area contributed by atoms with Gasteiger partial charge in [-0.25, -0.2) is 9.78 Å². The average Bonchev–Trinajstić information content (AvgIpc) is 2.97. The molecule has 0 spiro atoms. The third-order valence-corrected chi connectivity index (χ3v) is 4.89. The predicted octanol–water partition coefficient (Wildman–Crippen LogP) is 3.22. The van der Waals surface area contributed by atoms with Crippen molar-refractivity contribution < 1.29 is 4.42 Å². The highest BCUT2D eigenvalue weighted by atomic mass is 32.1. The first-order valence-electron chi connectivity index (χ1n) is 7.80. The zero-order valence-corrected chi connectivity index (χ0v) is 15.2. The molecule has 2 heterocycles. The number of fused-ring (bicyclic) bond motifs is 1. The van der Waals surface area contributed by atoms with Crippen LogP contribution in [0, 0.1) is 6.92 Å². The number of hydrogen-bond donors (Lipinski definition) is 0. The summed E-state index contributed by atoms with van der Waals surface area (Å²) in [6, 6.07) is 7.82. The quantitative estimate of drug-likeness (QED) is 0.666. The maximum Gasteiger partial charge on any atom is 0.346 e. The fourth-order valence-corrected chi connectivity index (χ4v) is 3.24. The van der Waals surface area contributed by atoms with Crippen LogP contribution in [0.3, 0.4) is 0 Å². The number of anilines is 1. The molecule has 5 nitrogen and oxygen atoms in total. The van der Waals surface area contributed by atoms with Gasteiger partial charge >= 0.3 is 5.63 Å². The molecule has 2 aromatic heterocycles. The van der Waals surface area contributed by atoms with Gasteiger partial charge in [0, 0.05) is 48.4 Å². The zero-order chi connectivity index (χ0) is 17.3. The van der Waals surface area contributed by atoms with Gasteiger partial charge in [-0.15, -0.1) is 11.3 Å². The fourth-order valence-electron chi connectivity index (χ4n) is 2.44. The van der Waals surface area contributed by atoms with Crippen LogP contribution in [0.15, 0.2) is 38.9 Å². The summed E-state index contributed by atoms with van der Waals surface area (Å²) < 4.78 is 5.55. The molecule has 0 saturated heterocycles. The number of rotatable bonds is 5. The first kappa shape index (κ1) is 16.7. The zero-order valence-electron chi connectivity index (χ0n) is 14.4. The number of aromatic nitrogens is 1. The summed E-state index contributed by atoms with van der Waals surface area (Å²) in [6.07, 6.45) is 0. The summed E-state index contributed by atoms with van der Waals surface area (Å²) in [4.78, 5) is 21.0. The fraction of sp³-hybridized carbons (Fsp3) is 0.333. The van der Waals surface area contributed by atoms with Crippen LogP contribution in [0.25, 0.3) is 21.5 Å². The maximum absolute atomic E-state index is 12.3. The highest BCUT2D eigenvalue weighted by Crippen LogP contribution is 2.26. The summed E-state index contributed by atoms with van der Waals surface area (Å²) >= 11 is 1.46. The highest BCUT2D eigenvalue weighted by Gasteiger charge is 2.12. The van der Waals surface area contributed by atoms with Gasteiger partial charge in [0.1, 0.15) is 10.6 Å². The molecule has 126 valence electrons. The standard InChI is InChI=1S/C18H21N3O2S/c1-12-11-24-17(19-12)15-9-13-5-6-14(10-16(13)23-18(15)22)21(4)8-7-20(2)3/h5-6,9-11H,7-8H2,1-4H3. The second-order valence-electron chi connectivity index (χ2n) is 6.19. The summed E-state index contributed by atoms with van der Waals surface area (Å²) in [5.74, 6) is 0. The Morgan fingerprint density at radius 3 is 2.62 bits per heavy atom. The molecule has 0 bridgehead atoms. The van der Waals surface area contributed by atoms with Crippen LogP contribution in [0.4, 0.5) is 5.69 Å². The van der Waals surface area contributed by atoms with Crippen molar-refractivity contribution in [2.24, 2.45) is 0 Å². The number of likely N-dealkylation sites (N-methyl/N-ethyl adjacent to an activating group) is 2. The normalized spacial score (nSPS) is 11.4. The molecule has 3 aromatic rings. The highest BCUT2D eigenvalue weighted by molar-refractivity contribution is 7.13. The van der Waals surface area contributed by atoms with E-state index in [9.17, 15) is 4.79 Å². The second kappa shape index (κ2) is 6.75. The topological polar surface area (TPSA) is 49.6 Å². The van der Waals surface area contributed by atoms with Crippen LogP contribution in [0.5, 0.6) is 0 Å². The van der Waals surface area contributed by atoms with E-state index in [0.29, 0.717) is 16.2 Å². The molecule has 1 aromatic carbocycles. The molecule has 0 radical (unpaired) electrons. The minimum atomic E-state index is -0.343. The molecule has 0 N–H and O–H groups in total. The van der Waals surface area contributed by atoms with Crippen molar-refractivity contribution in [2.45, 2.75) is 6.92 Å². The number of aryl methyl sites for hydroxylation is 1. The van der Waals surface area contributed by atoms with Crippen molar-refractivity contribution in [2.75, 3.05) is 39.1 Å². The number of thiazole rings is 1. The lowest BCUT2D eigenvalue weighted by atomic mass is 10.1. The van der Waals surface area contributed by atoms with Gasteiger partial charge in [-0.3, -0.25) is 0 Å². The van der Waals surface area contributed by atoms with Gasteiger partial charge in [-0.05, 0) is 39.2 Å². The Balaban J connectivity index is 1.95. The second-order valence-corrected chi connectivity index (χ2v) is 7.05. The number of nitrogens with zero attached hydrogens (tertiary/aromatic N) is 3. The molecule has 24 heavy (non-hydrogen) atoms. The average molecular weight is 343 g/mol. The largest absolute Gasteiger partial charge is 0.422 e. The van der Waals surface area contributed by atoms with E-state index in [0.717, 1.165) is 29.9 Å². The van der Waals surface area contributed by atoms with E-state index in [4.69, 9.17) is 4.42 Å². The van der Waals surface area contributed by atoms with Crippen LogP contribution in [-0.4, -0.2) is 44.1 Å². The molecule has 0 amide bonds. The molecule has 0 unspecified atom stereocenters. The first-order valence-corrected chi connectivity index (χ1v) is 8.68. The number of benzene rings is 1. The minimum Gasteiger partial charge on any atom is -0.422 e. The predicted molar refractivity (Wildman–Crippen MR) is 100 cm³/mol. The third kappa shape index (κ3) is 3.49. The Morgan fingerprint density at radius 2 is 1.96 bits per heavy atom. The van der Waals surface area contributed by atoms with Gasteiger partial charge in [0.15, 0.2) is 0 Å².